The number of nitrogens with one attached hydrogen (secondary N) is 2. The van der Waals surface area contributed by atoms with Crippen LogP contribution in [0.2, 0.25) is 0 Å². The van der Waals surface area contributed by atoms with Crippen molar-refractivity contribution in [2.45, 2.75) is 33.6 Å². The molecule has 0 atom stereocenters. The van der Waals surface area contributed by atoms with Gasteiger partial charge < -0.3 is 0 Å². The van der Waals surface area contributed by atoms with E-state index in [0.29, 0.717) is 12.3 Å². The molecule has 0 bridgehead atoms. The second-order valence-electron chi connectivity index (χ2n) is 3.16. The zero-order valence-electron chi connectivity index (χ0n) is 7.81. The minimum atomic E-state index is -0.257. The highest BCUT2D eigenvalue weighted by Gasteiger charge is 2.02. The molecule has 0 saturated heterocycles. The molecule has 0 aliphatic rings. The van der Waals surface area contributed by atoms with Crippen LogP contribution in [0.1, 0.15) is 33.6 Å². The Morgan fingerprint density at radius 2 is 1.83 bits per heavy atom. The molecular formula is C8H16N2O2. The number of hydrogen-bond acceptors (Lipinski definition) is 2. The first kappa shape index (κ1) is 10.9. The van der Waals surface area contributed by atoms with E-state index in [0.717, 1.165) is 6.42 Å². The molecule has 2 amide bonds. The van der Waals surface area contributed by atoms with Gasteiger partial charge in [0.25, 0.3) is 0 Å². The molecule has 0 fully saturated rings. The normalized spacial score (nSPS) is 9.67. The van der Waals surface area contributed by atoms with Crippen LogP contribution in [0.25, 0.3) is 0 Å². The van der Waals surface area contributed by atoms with Crippen LogP contribution in [0.4, 0.5) is 0 Å². The van der Waals surface area contributed by atoms with Gasteiger partial charge in [-0.1, -0.05) is 13.8 Å². The summed E-state index contributed by atoms with van der Waals surface area (Å²) < 4.78 is 0. The SMILES string of the molecule is CC(=O)NNC(=O)CCC(C)C. The predicted octanol–water partition coefficient (Wildman–Crippen LogP) is 0.590. The van der Waals surface area contributed by atoms with Crippen molar-refractivity contribution in [1.29, 1.82) is 0 Å². The molecule has 0 aromatic heterocycles. The first-order valence-electron chi connectivity index (χ1n) is 4.07. The van der Waals surface area contributed by atoms with Crippen LogP contribution >= 0.6 is 0 Å². The molecule has 0 aliphatic carbocycles. The van der Waals surface area contributed by atoms with Crippen LogP contribution in [-0.2, 0) is 9.59 Å². The van der Waals surface area contributed by atoms with E-state index in [-0.39, 0.29) is 11.8 Å². The lowest BCUT2D eigenvalue weighted by Gasteiger charge is -2.05. The Balaban J connectivity index is 3.40. The maximum atomic E-state index is 10.9. The molecule has 0 saturated carbocycles. The lowest BCUT2D eigenvalue weighted by Crippen LogP contribution is -2.40. The van der Waals surface area contributed by atoms with Crippen LogP contribution in [0.5, 0.6) is 0 Å². The van der Waals surface area contributed by atoms with E-state index in [4.69, 9.17) is 0 Å². The van der Waals surface area contributed by atoms with Crippen molar-refractivity contribution in [2.24, 2.45) is 5.92 Å². The summed E-state index contributed by atoms with van der Waals surface area (Å²) >= 11 is 0. The monoisotopic (exact) mass is 172 g/mol. The average molecular weight is 172 g/mol. The van der Waals surface area contributed by atoms with Gasteiger partial charge in [0.2, 0.25) is 11.8 Å². The van der Waals surface area contributed by atoms with Crippen LogP contribution in [-0.4, -0.2) is 11.8 Å². The first-order valence-corrected chi connectivity index (χ1v) is 4.07. The number of amides is 2. The molecule has 0 unspecified atom stereocenters. The Morgan fingerprint density at radius 1 is 1.25 bits per heavy atom. The topological polar surface area (TPSA) is 58.2 Å². The summed E-state index contributed by atoms with van der Waals surface area (Å²) in [6, 6.07) is 0. The summed E-state index contributed by atoms with van der Waals surface area (Å²) in [5, 5.41) is 0. The molecule has 0 aliphatic heterocycles. The minimum absolute atomic E-state index is 0.140. The minimum Gasteiger partial charge on any atom is -0.274 e. The van der Waals surface area contributed by atoms with E-state index in [9.17, 15) is 9.59 Å². The summed E-state index contributed by atoms with van der Waals surface area (Å²) in [5.41, 5.74) is 4.53. The number of hydrazine groups is 1. The van der Waals surface area contributed by atoms with Crippen molar-refractivity contribution in [1.82, 2.24) is 10.9 Å². The third-order valence-corrected chi connectivity index (χ3v) is 1.33. The molecule has 0 heterocycles. The van der Waals surface area contributed by atoms with E-state index < -0.39 is 0 Å². The lowest BCUT2D eigenvalue weighted by atomic mass is 10.1. The molecule has 70 valence electrons. The Labute approximate surface area is 72.7 Å². The van der Waals surface area contributed by atoms with E-state index in [2.05, 4.69) is 10.9 Å². The van der Waals surface area contributed by atoms with Gasteiger partial charge in [-0.15, -0.1) is 0 Å². The molecule has 4 nitrogen and oxygen atoms in total. The maximum absolute atomic E-state index is 10.9. The van der Waals surface area contributed by atoms with Gasteiger partial charge >= 0.3 is 0 Å². The number of rotatable bonds is 3. The van der Waals surface area contributed by atoms with Crippen molar-refractivity contribution >= 4 is 11.8 Å². The smallest absolute Gasteiger partial charge is 0.238 e. The van der Waals surface area contributed by atoms with E-state index in [1.807, 2.05) is 13.8 Å². The lowest BCUT2D eigenvalue weighted by molar-refractivity contribution is -0.128. The quantitative estimate of drug-likeness (QED) is 0.612. The Bertz CT molecular complexity index is 166. The molecule has 0 radical (unpaired) electrons. The molecule has 0 spiro atoms. The van der Waals surface area contributed by atoms with Gasteiger partial charge in [0.15, 0.2) is 0 Å². The highest BCUT2D eigenvalue weighted by molar-refractivity contribution is 5.80. The van der Waals surface area contributed by atoms with Crippen molar-refractivity contribution < 1.29 is 9.59 Å². The van der Waals surface area contributed by atoms with E-state index in [1.54, 1.807) is 0 Å². The molecule has 4 heteroatoms. The summed E-state index contributed by atoms with van der Waals surface area (Å²) in [6.07, 6.45) is 1.30. The highest BCUT2D eigenvalue weighted by atomic mass is 16.2. The van der Waals surface area contributed by atoms with E-state index in [1.165, 1.54) is 6.92 Å². The molecular weight excluding hydrogens is 156 g/mol. The van der Waals surface area contributed by atoms with Crippen molar-refractivity contribution in [3.8, 4) is 0 Å². The summed E-state index contributed by atoms with van der Waals surface area (Å²) in [7, 11) is 0. The van der Waals surface area contributed by atoms with Crippen molar-refractivity contribution in [2.75, 3.05) is 0 Å². The molecule has 0 rings (SSSR count). The fourth-order valence-electron chi connectivity index (χ4n) is 0.640. The Kier molecular flexibility index (Phi) is 5.08. The summed E-state index contributed by atoms with van der Waals surface area (Å²) in [5.74, 6) is 0.111. The van der Waals surface area contributed by atoms with Crippen LogP contribution < -0.4 is 10.9 Å². The van der Waals surface area contributed by atoms with Crippen LogP contribution in [0, 0.1) is 5.92 Å². The Hall–Kier alpha value is -1.06. The molecule has 2 N–H and O–H groups in total. The van der Waals surface area contributed by atoms with Gasteiger partial charge in [-0.3, -0.25) is 20.4 Å². The third kappa shape index (κ3) is 7.05. The van der Waals surface area contributed by atoms with Crippen molar-refractivity contribution in [3.63, 3.8) is 0 Å². The standard InChI is InChI=1S/C8H16N2O2/c1-6(2)4-5-8(12)10-9-7(3)11/h6H,4-5H2,1-3H3,(H,9,11)(H,10,12). The summed E-state index contributed by atoms with van der Waals surface area (Å²) in [6.45, 7) is 5.44. The zero-order valence-corrected chi connectivity index (χ0v) is 7.81. The van der Waals surface area contributed by atoms with Gasteiger partial charge in [0, 0.05) is 13.3 Å². The third-order valence-electron chi connectivity index (χ3n) is 1.33. The highest BCUT2D eigenvalue weighted by Crippen LogP contribution is 2.01. The average Bonchev–Trinajstić information content (AvgIpc) is 1.96. The van der Waals surface area contributed by atoms with Crippen LogP contribution in [0.3, 0.4) is 0 Å². The molecule has 0 aromatic carbocycles. The number of hydrogen-bond donors (Lipinski definition) is 2. The van der Waals surface area contributed by atoms with Gasteiger partial charge in [-0.2, -0.15) is 0 Å². The maximum Gasteiger partial charge on any atom is 0.238 e. The van der Waals surface area contributed by atoms with E-state index >= 15 is 0 Å². The second-order valence-corrected chi connectivity index (χ2v) is 3.16. The predicted molar refractivity (Wildman–Crippen MR) is 46.0 cm³/mol. The van der Waals surface area contributed by atoms with Gasteiger partial charge in [-0.25, -0.2) is 0 Å². The zero-order chi connectivity index (χ0) is 9.56. The van der Waals surface area contributed by atoms with Gasteiger partial charge in [-0.05, 0) is 12.3 Å². The van der Waals surface area contributed by atoms with Gasteiger partial charge in [0.1, 0.15) is 0 Å². The fourth-order valence-corrected chi connectivity index (χ4v) is 0.640. The summed E-state index contributed by atoms with van der Waals surface area (Å²) in [4.78, 5) is 21.3. The number of carbonyl (C=O) groups is 2. The number of carbonyl (C=O) groups excluding carboxylic acids is 2. The fraction of sp³-hybridized carbons (Fsp3) is 0.750. The second kappa shape index (κ2) is 5.57. The molecule has 0 aromatic rings. The Morgan fingerprint density at radius 3 is 2.25 bits per heavy atom. The first-order chi connectivity index (χ1) is 5.52. The van der Waals surface area contributed by atoms with Gasteiger partial charge in [0.05, 0.1) is 0 Å². The largest absolute Gasteiger partial charge is 0.274 e. The van der Waals surface area contributed by atoms with Crippen molar-refractivity contribution in [3.05, 3.63) is 0 Å². The molecule has 12 heavy (non-hydrogen) atoms. The van der Waals surface area contributed by atoms with Crippen LogP contribution in [0.15, 0.2) is 0 Å².